The molecule has 1 fully saturated rings. The number of ether oxygens (including phenoxy) is 2. The molecule has 0 radical (unpaired) electrons. The van der Waals surface area contributed by atoms with Crippen LogP contribution in [0.1, 0.15) is 31.9 Å². The van der Waals surface area contributed by atoms with Gasteiger partial charge in [0.15, 0.2) is 0 Å². The molecular formula is C27H40N6O2. The second-order valence-electron chi connectivity index (χ2n) is 9.17. The highest BCUT2D eigenvalue weighted by Crippen LogP contribution is 2.35. The summed E-state index contributed by atoms with van der Waals surface area (Å²) in [5, 5.41) is 0. The molecule has 4 rings (SSSR count). The van der Waals surface area contributed by atoms with E-state index in [0.717, 1.165) is 78.0 Å². The fraction of sp³-hybridized carbons (Fsp3) is 0.481. The normalized spacial score (nSPS) is 14.1. The predicted molar refractivity (Wildman–Crippen MR) is 145 cm³/mol. The molecule has 0 spiro atoms. The van der Waals surface area contributed by atoms with E-state index in [4.69, 9.17) is 20.2 Å². The lowest BCUT2D eigenvalue weighted by molar-refractivity contribution is 0.0503. The molecule has 8 heteroatoms. The van der Waals surface area contributed by atoms with E-state index >= 15 is 0 Å². The summed E-state index contributed by atoms with van der Waals surface area (Å²) >= 11 is 0. The molecule has 190 valence electrons. The largest absolute Gasteiger partial charge is 0.494 e. The van der Waals surface area contributed by atoms with Gasteiger partial charge in [0.1, 0.15) is 22.9 Å². The number of likely N-dealkylation sites (N-methyl/N-ethyl adjacent to an activating group) is 1. The molecule has 0 aliphatic carbocycles. The van der Waals surface area contributed by atoms with Gasteiger partial charge in [-0.1, -0.05) is 6.58 Å². The highest BCUT2D eigenvalue weighted by molar-refractivity contribution is 5.92. The number of imidazole rings is 1. The highest BCUT2D eigenvalue weighted by Gasteiger charge is 2.19. The number of aryl methyl sites for hydroxylation is 2. The van der Waals surface area contributed by atoms with Crippen LogP contribution in [0.2, 0.25) is 0 Å². The third kappa shape index (κ3) is 5.77. The van der Waals surface area contributed by atoms with Gasteiger partial charge >= 0.3 is 0 Å². The van der Waals surface area contributed by atoms with Gasteiger partial charge in [0.25, 0.3) is 0 Å². The van der Waals surface area contributed by atoms with Crippen LogP contribution in [0.4, 0.5) is 5.82 Å². The molecule has 0 bridgehead atoms. The third-order valence-electron chi connectivity index (χ3n) is 6.43. The van der Waals surface area contributed by atoms with E-state index in [-0.39, 0.29) is 0 Å². The molecule has 2 aromatic heterocycles. The van der Waals surface area contributed by atoms with Crippen molar-refractivity contribution in [2.24, 2.45) is 12.8 Å². The van der Waals surface area contributed by atoms with Gasteiger partial charge in [0, 0.05) is 55.7 Å². The van der Waals surface area contributed by atoms with Crippen molar-refractivity contribution in [3.63, 3.8) is 0 Å². The van der Waals surface area contributed by atoms with E-state index in [2.05, 4.69) is 61.3 Å². The van der Waals surface area contributed by atoms with Crippen molar-refractivity contribution in [3.8, 4) is 17.1 Å². The summed E-state index contributed by atoms with van der Waals surface area (Å²) in [6, 6.07) is 6.44. The summed E-state index contributed by atoms with van der Waals surface area (Å²) in [5.74, 6) is 2.53. The summed E-state index contributed by atoms with van der Waals surface area (Å²) in [7, 11) is 5.76. The number of benzene rings is 1. The Bertz CT molecular complexity index is 1150. The van der Waals surface area contributed by atoms with Gasteiger partial charge in [-0.25, -0.2) is 9.97 Å². The first kappa shape index (κ1) is 26.5. The Morgan fingerprint density at radius 1 is 1.26 bits per heavy atom. The Labute approximate surface area is 209 Å². The average Bonchev–Trinajstić information content (AvgIpc) is 3.19. The van der Waals surface area contributed by atoms with Gasteiger partial charge in [-0.2, -0.15) is 0 Å². The SMILES string of the molecule is C=C(N)c1cc(OC)c2c(nc(-c3ccc(N(CC)C(C)C)nc3)n2C)c1C.CN1CCOCC1. The summed E-state index contributed by atoms with van der Waals surface area (Å²) in [6.45, 7) is 17.3. The van der Waals surface area contributed by atoms with Crippen LogP contribution in [0.3, 0.4) is 0 Å². The molecule has 0 atom stereocenters. The average molecular weight is 481 g/mol. The number of hydrogen-bond donors (Lipinski definition) is 1. The zero-order chi connectivity index (χ0) is 25.7. The topological polar surface area (TPSA) is 81.7 Å². The number of fused-ring (bicyclic) bond motifs is 1. The van der Waals surface area contributed by atoms with E-state index in [9.17, 15) is 0 Å². The quantitative estimate of drug-likeness (QED) is 0.570. The van der Waals surface area contributed by atoms with Crippen molar-refractivity contribution in [2.45, 2.75) is 33.7 Å². The number of morpholine rings is 1. The molecule has 1 saturated heterocycles. The molecule has 2 N–H and O–H groups in total. The minimum Gasteiger partial charge on any atom is -0.494 e. The van der Waals surface area contributed by atoms with Gasteiger partial charge in [0.2, 0.25) is 0 Å². The number of aromatic nitrogens is 3. The second-order valence-corrected chi connectivity index (χ2v) is 9.17. The Morgan fingerprint density at radius 2 is 1.94 bits per heavy atom. The number of pyridine rings is 1. The van der Waals surface area contributed by atoms with Crippen LogP contribution in [0.15, 0.2) is 31.0 Å². The first-order chi connectivity index (χ1) is 16.7. The van der Waals surface area contributed by atoms with Crippen molar-refractivity contribution in [2.75, 3.05) is 51.9 Å². The highest BCUT2D eigenvalue weighted by atomic mass is 16.5. The van der Waals surface area contributed by atoms with Gasteiger partial charge < -0.3 is 29.6 Å². The minimum atomic E-state index is 0.397. The monoisotopic (exact) mass is 480 g/mol. The zero-order valence-corrected chi connectivity index (χ0v) is 22.3. The second kappa shape index (κ2) is 11.6. The number of hydrogen-bond acceptors (Lipinski definition) is 7. The number of nitrogens with two attached hydrogens (primary N) is 1. The zero-order valence-electron chi connectivity index (χ0n) is 22.3. The lowest BCUT2D eigenvalue weighted by Crippen LogP contribution is -2.32. The molecule has 1 aromatic carbocycles. The van der Waals surface area contributed by atoms with Crippen LogP contribution < -0.4 is 15.4 Å². The molecule has 3 aromatic rings. The summed E-state index contributed by atoms with van der Waals surface area (Å²) in [5.41, 5.74) is 11.1. The summed E-state index contributed by atoms with van der Waals surface area (Å²) in [6.07, 6.45) is 1.88. The summed E-state index contributed by atoms with van der Waals surface area (Å²) in [4.78, 5) is 14.1. The smallest absolute Gasteiger partial charge is 0.145 e. The molecule has 0 saturated carbocycles. The van der Waals surface area contributed by atoms with Crippen molar-refractivity contribution in [1.29, 1.82) is 0 Å². The van der Waals surface area contributed by atoms with Gasteiger partial charge in [-0.05, 0) is 58.5 Å². The van der Waals surface area contributed by atoms with Crippen LogP contribution in [0.25, 0.3) is 28.1 Å². The van der Waals surface area contributed by atoms with Gasteiger partial charge in [-0.3, -0.25) is 0 Å². The fourth-order valence-corrected chi connectivity index (χ4v) is 4.36. The molecule has 8 nitrogen and oxygen atoms in total. The van der Waals surface area contributed by atoms with Gasteiger partial charge in [-0.15, -0.1) is 0 Å². The Morgan fingerprint density at radius 3 is 2.40 bits per heavy atom. The van der Waals surface area contributed by atoms with Crippen molar-refractivity contribution in [1.82, 2.24) is 19.4 Å². The molecule has 1 aliphatic heterocycles. The van der Waals surface area contributed by atoms with E-state index < -0.39 is 0 Å². The molecule has 1 aliphatic rings. The Balaban J connectivity index is 0.000000420. The third-order valence-corrected chi connectivity index (χ3v) is 6.43. The Kier molecular flexibility index (Phi) is 8.75. The van der Waals surface area contributed by atoms with E-state index in [1.807, 2.05) is 30.8 Å². The molecule has 35 heavy (non-hydrogen) atoms. The van der Waals surface area contributed by atoms with Crippen molar-refractivity contribution < 1.29 is 9.47 Å². The lowest BCUT2D eigenvalue weighted by atomic mass is 10.0. The molecule has 0 unspecified atom stereocenters. The molecule has 0 amide bonds. The van der Waals surface area contributed by atoms with Crippen LogP contribution >= 0.6 is 0 Å². The number of rotatable bonds is 6. The van der Waals surface area contributed by atoms with Crippen LogP contribution in [0.5, 0.6) is 5.75 Å². The van der Waals surface area contributed by atoms with Crippen LogP contribution in [-0.2, 0) is 11.8 Å². The Hall–Kier alpha value is -3.10. The van der Waals surface area contributed by atoms with Crippen molar-refractivity contribution >= 4 is 22.5 Å². The number of anilines is 1. The number of methoxy groups -OCH3 is 1. The lowest BCUT2D eigenvalue weighted by Gasteiger charge is -2.26. The maximum atomic E-state index is 5.97. The first-order valence-corrected chi connectivity index (χ1v) is 12.2. The molecular weight excluding hydrogens is 440 g/mol. The maximum absolute atomic E-state index is 5.97. The van der Waals surface area contributed by atoms with Crippen LogP contribution in [-0.4, -0.2) is 72.5 Å². The maximum Gasteiger partial charge on any atom is 0.145 e. The minimum absolute atomic E-state index is 0.397. The first-order valence-electron chi connectivity index (χ1n) is 12.2. The van der Waals surface area contributed by atoms with E-state index in [1.54, 1.807) is 7.11 Å². The van der Waals surface area contributed by atoms with E-state index in [1.165, 1.54) is 0 Å². The van der Waals surface area contributed by atoms with Crippen molar-refractivity contribution in [3.05, 3.63) is 42.1 Å². The number of nitrogens with zero attached hydrogens (tertiary/aromatic N) is 5. The van der Waals surface area contributed by atoms with Gasteiger partial charge in [0.05, 0.1) is 25.8 Å². The van der Waals surface area contributed by atoms with Crippen LogP contribution in [0, 0.1) is 6.92 Å². The van der Waals surface area contributed by atoms with E-state index in [0.29, 0.717) is 11.7 Å². The summed E-state index contributed by atoms with van der Waals surface area (Å²) < 4.78 is 12.8. The fourth-order valence-electron chi connectivity index (χ4n) is 4.36. The molecule has 3 heterocycles. The standard InChI is InChI=1S/C22H29N5O.C5H11NO/c1-8-27(13(2)3)19-10-9-16(12-24-19)22-25-20-14(4)17(15(5)23)11-18(28-7)21(20)26(22)6;1-6-2-4-7-5-3-6/h9-13H,5,8,23H2,1-4,6-7H3;2-5H2,1H3. The predicted octanol–water partition coefficient (Wildman–Crippen LogP) is 4.06.